The number of aliphatic hydroxyl groups is 1. The highest BCUT2D eigenvalue weighted by molar-refractivity contribution is 5.51. The molecule has 0 amide bonds. The van der Waals surface area contributed by atoms with Gasteiger partial charge in [-0.1, -0.05) is 18.2 Å². The van der Waals surface area contributed by atoms with Crippen LogP contribution in [-0.2, 0) is 6.54 Å². The van der Waals surface area contributed by atoms with Crippen LogP contribution in [0.15, 0.2) is 34.7 Å². The van der Waals surface area contributed by atoms with E-state index in [-0.39, 0.29) is 6.10 Å². The zero-order valence-electron chi connectivity index (χ0n) is 12.2. The van der Waals surface area contributed by atoms with E-state index >= 15 is 0 Å². The molecule has 0 aliphatic rings. The Morgan fingerprint density at radius 2 is 1.85 bits per heavy atom. The molecule has 1 aromatic heterocycles. The molecular formula is C15H21N3O2. The zero-order chi connectivity index (χ0) is 14.5. The zero-order valence-corrected chi connectivity index (χ0v) is 12.2. The smallest absolute Gasteiger partial charge is 0.247 e. The molecule has 1 N–H and O–H groups in total. The molecule has 0 saturated heterocycles. The molecule has 2 aromatic rings. The van der Waals surface area contributed by atoms with Gasteiger partial charge in [-0.15, -0.1) is 10.2 Å². The van der Waals surface area contributed by atoms with Gasteiger partial charge in [0.2, 0.25) is 11.8 Å². The molecule has 0 saturated carbocycles. The monoisotopic (exact) mass is 275 g/mol. The van der Waals surface area contributed by atoms with Crippen LogP contribution in [0.25, 0.3) is 11.5 Å². The molecule has 0 aliphatic carbocycles. The molecule has 0 fully saturated rings. The van der Waals surface area contributed by atoms with Gasteiger partial charge in [-0.05, 0) is 32.9 Å². The van der Waals surface area contributed by atoms with E-state index in [1.807, 2.05) is 30.3 Å². The molecule has 5 heteroatoms. The maximum Gasteiger partial charge on any atom is 0.247 e. The second-order valence-corrected chi connectivity index (χ2v) is 5.24. The van der Waals surface area contributed by atoms with Crippen LogP contribution in [0.4, 0.5) is 0 Å². The van der Waals surface area contributed by atoms with Crippen LogP contribution in [0.5, 0.6) is 0 Å². The second-order valence-electron chi connectivity index (χ2n) is 5.24. The van der Waals surface area contributed by atoms with Crippen LogP contribution in [-0.4, -0.2) is 38.9 Å². The Morgan fingerprint density at radius 3 is 2.45 bits per heavy atom. The van der Waals surface area contributed by atoms with Crippen molar-refractivity contribution in [1.29, 1.82) is 0 Å². The Balaban J connectivity index is 2.08. The summed E-state index contributed by atoms with van der Waals surface area (Å²) in [6, 6.07) is 10.0. The lowest BCUT2D eigenvalue weighted by molar-refractivity contribution is 0.0963. The molecule has 0 bridgehead atoms. The summed E-state index contributed by atoms with van der Waals surface area (Å²) in [6.07, 6.45) is -0.381. The average Bonchev–Trinajstić information content (AvgIpc) is 2.87. The van der Waals surface area contributed by atoms with E-state index in [0.29, 0.717) is 30.9 Å². The summed E-state index contributed by atoms with van der Waals surface area (Å²) >= 11 is 0. The van der Waals surface area contributed by atoms with E-state index in [1.54, 1.807) is 6.92 Å². The van der Waals surface area contributed by atoms with Gasteiger partial charge in [0.25, 0.3) is 0 Å². The Kier molecular flexibility index (Phi) is 4.87. The number of rotatable bonds is 6. The third-order valence-corrected chi connectivity index (χ3v) is 3.05. The number of nitrogens with zero attached hydrogens (tertiary/aromatic N) is 3. The SMILES string of the molecule is CC(O)CN(Cc1nnc(-c2ccccc2)o1)C(C)C. The highest BCUT2D eigenvalue weighted by atomic mass is 16.4. The normalized spacial score (nSPS) is 13.1. The molecule has 0 radical (unpaired) electrons. The van der Waals surface area contributed by atoms with Gasteiger partial charge < -0.3 is 9.52 Å². The molecule has 1 heterocycles. The molecule has 0 aliphatic heterocycles. The number of aromatic nitrogens is 2. The van der Waals surface area contributed by atoms with Crippen molar-refractivity contribution < 1.29 is 9.52 Å². The van der Waals surface area contributed by atoms with Gasteiger partial charge in [0.1, 0.15) is 0 Å². The number of aliphatic hydroxyl groups excluding tert-OH is 1. The molecule has 1 unspecified atom stereocenters. The Labute approximate surface area is 119 Å². The maximum absolute atomic E-state index is 9.52. The lowest BCUT2D eigenvalue weighted by Crippen LogP contribution is -2.36. The standard InChI is InChI=1S/C15H21N3O2/c1-11(2)18(9-12(3)19)10-14-16-17-15(20-14)13-7-5-4-6-8-13/h4-8,11-12,19H,9-10H2,1-3H3. The van der Waals surface area contributed by atoms with Gasteiger partial charge in [-0.3, -0.25) is 4.90 Å². The van der Waals surface area contributed by atoms with Gasteiger partial charge in [0.05, 0.1) is 12.6 Å². The molecule has 1 atom stereocenters. The summed E-state index contributed by atoms with van der Waals surface area (Å²) in [7, 11) is 0. The van der Waals surface area contributed by atoms with Crippen molar-refractivity contribution in [2.45, 2.75) is 39.5 Å². The molecule has 5 nitrogen and oxygen atoms in total. The van der Waals surface area contributed by atoms with Crippen LogP contribution >= 0.6 is 0 Å². The average molecular weight is 275 g/mol. The highest BCUT2D eigenvalue weighted by Crippen LogP contribution is 2.18. The predicted octanol–water partition coefficient (Wildman–Crippen LogP) is 2.33. The van der Waals surface area contributed by atoms with Gasteiger partial charge in [-0.2, -0.15) is 0 Å². The minimum Gasteiger partial charge on any atom is -0.419 e. The first kappa shape index (κ1) is 14.7. The third-order valence-electron chi connectivity index (χ3n) is 3.05. The summed E-state index contributed by atoms with van der Waals surface area (Å²) < 4.78 is 5.69. The number of benzene rings is 1. The fraction of sp³-hybridized carbons (Fsp3) is 0.467. The van der Waals surface area contributed by atoms with Crippen LogP contribution in [0, 0.1) is 0 Å². The van der Waals surface area contributed by atoms with Gasteiger partial charge in [-0.25, -0.2) is 0 Å². The lowest BCUT2D eigenvalue weighted by atomic mass is 10.2. The van der Waals surface area contributed by atoms with Crippen molar-refractivity contribution in [3.05, 3.63) is 36.2 Å². The second kappa shape index (κ2) is 6.63. The molecule has 108 valence electrons. The first-order valence-electron chi connectivity index (χ1n) is 6.86. The molecule has 0 spiro atoms. The minimum atomic E-state index is -0.381. The summed E-state index contributed by atoms with van der Waals surface area (Å²) in [5.74, 6) is 1.10. The molecule has 2 rings (SSSR count). The summed E-state index contributed by atoms with van der Waals surface area (Å²) in [4.78, 5) is 2.10. The first-order chi connectivity index (χ1) is 9.56. The van der Waals surface area contributed by atoms with Crippen molar-refractivity contribution in [2.24, 2.45) is 0 Å². The molecule has 20 heavy (non-hydrogen) atoms. The summed E-state index contributed by atoms with van der Waals surface area (Å²) in [5, 5.41) is 17.7. The van der Waals surface area contributed by atoms with Crippen molar-refractivity contribution >= 4 is 0 Å². The fourth-order valence-corrected chi connectivity index (χ4v) is 1.99. The van der Waals surface area contributed by atoms with Crippen LogP contribution in [0.2, 0.25) is 0 Å². The fourth-order valence-electron chi connectivity index (χ4n) is 1.99. The van der Waals surface area contributed by atoms with Gasteiger partial charge in [0, 0.05) is 18.2 Å². The van der Waals surface area contributed by atoms with E-state index in [2.05, 4.69) is 28.9 Å². The maximum atomic E-state index is 9.52. The predicted molar refractivity (Wildman–Crippen MR) is 77.0 cm³/mol. The van der Waals surface area contributed by atoms with E-state index < -0.39 is 0 Å². The van der Waals surface area contributed by atoms with Crippen molar-refractivity contribution in [3.63, 3.8) is 0 Å². The highest BCUT2D eigenvalue weighted by Gasteiger charge is 2.16. The van der Waals surface area contributed by atoms with Crippen LogP contribution in [0.3, 0.4) is 0 Å². The van der Waals surface area contributed by atoms with E-state index in [1.165, 1.54) is 0 Å². The quantitative estimate of drug-likeness (QED) is 0.876. The van der Waals surface area contributed by atoms with Crippen molar-refractivity contribution in [2.75, 3.05) is 6.54 Å². The minimum absolute atomic E-state index is 0.302. The van der Waals surface area contributed by atoms with Crippen molar-refractivity contribution in [3.8, 4) is 11.5 Å². The number of hydrogen-bond donors (Lipinski definition) is 1. The van der Waals surface area contributed by atoms with Crippen LogP contribution in [0.1, 0.15) is 26.7 Å². The van der Waals surface area contributed by atoms with Crippen molar-refractivity contribution in [1.82, 2.24) is 15.1 Å². The molecular weight excluding hydrogens is 254 g/mol. The summed E-state index contributed by atoms with van der Waals surface area (Å²) in [5.41, 5.74) is 0.915. The van der Waals surface area contributed by atoms with E-state index in [0.717, 1.165) is 5.56 Å². The molecule has 1 aromatic carbocycles. The Bertz CT molecular complexity index is 523. The van der Waals surface area contributed by atoms with E-state index in [9.17, 15) is 5.11 Å². The Morgan fingerprint density at radius 1 is 1.15 bits per heavy atom. The first-order valence-corrected chi connectivity index (χ1v) is 6.86. The Hall–Kier alpha value is -1.72. The van der Waals surface area contributed by atoms with Gasteiger partial charge >= 0.3 is 0 Å². The number of hydrogen-bond acceptors (Lipinski definition) is 5. The largest absolute Gasteiger partial charge is 0.419 e. The summed E-state index contributed by atoms with van der Waals surface area (Å²) in [6.45, 7) is 7.06. The topological polar surface area (TPSA) is 62.4 Å². The van der Waals surface area contributed by atoms with E-state index in [4.69, 9.17) is 4.42 Å². The lowest BCUT2D eigenvalue weighted by Gasteiger charge is -2.25. The third kappa shape index (κ3) is 3.88. The van der Waals surface area contributed by atoms with Crippen LogP contribution < -0.4 is 0 Å². The van der Waals surface area contributed by atoms with Gasteiger partial charge in [0.15, 0.2) is 0 Å².